The van der Waals surface area contributed by atoms with Crippen LogP contribution in [0.25, 0.3) is 0 Å². The first-order valence-electron chi connectivity index (χ1n) is 5.01. The minimum Gasteiger partial charge on any atom is -0.279 e. The van der Waals surface area contributed by atoms with Crippen LogP contribution in [0, 0.1) is 13.8 Å². The summed E-state index contributed by atoms with van der Waals surface area (Å²) in [6.07, 6.45) is 0. The van der Waals surface area contributed by atoms with Crippen LogP contribution in [-0.2, 0) is 10.0 Å². The molecule has 1 N–H and O–H groups in total. The third kappa shape index (κ3) is 2.65. The Labute approximate surface area is 104 Å². The minimum atomic E-state index is -3.52. The fourth-order valence-corrected chi connectivity index (χ4v) is 4.01. The Morgan fingerprint density at radius 1 is 1.18 bits per heavy atom. The number of nitrogens with one attached hydrogen (secondary N) is 1. The second-order valence-electron chi connectivity index (χ2n) is 3.58. The Hall–Kier alpha value is -1.40. The molecule has 0 saturated heterocycles. The zero-order valence-electron chi connectivity index (χ0n) is 9.47. The number of para-hydroxylation sites is 1. The lowest BCUT2D eigenvalue weighted by molar-refractivity contribution is 0.602. The Kier molecular flexibility index (Phi) is 3.17. The SMILES string of the molecule is Cc1nc(C)c(S(=O)(=O)Nc2ccccc2)s1. The number of sulfonamides is 1. The molecule has 0 amide bonds. The molecule has 90 valence electrons. The summed E-state index contributed by atoms with van der Waals surface area (Å²) in [5.41, 5.74) is 1.09. The van der Waals surface area contributed by atoms with Gasteiger partial charge in [-0.2, -0.15) is 0 Å². The van der Waals surface area contributed by atoms with Gasteiger partial charge in [0.25, 0.3) is 10.0 Å². The number of hydrogen-bond donors (Lipinski definition) is 1. The van der Waals surface area contributed by atoms with Crippen molar-refractivity contribution >= 4 is 27.0 Å². The Morgan fingerprint density at radius 2 is 1.82 bits per heavy atom. The second kappa shape index (κ2) is 4.46. The molecule has 0 spiro atoms. The number of nitrogens with zero attached hydrogens (tertiary/aromatic N) is 1. The van der Waals surface area contributed by atoms with Gasteiger partial charge in [0, 0.05) is 5.69 Å². The molecule has 0 bridgehead atoms. The fourth-order valence-electron chi connectivity index (χ4n) is 1.47. The molecule has 0 aliphatic heterocycles. The van der Waals surface area contributed by atoms with E-state index in [1.165, 1.54) is 11.3 Å². The van der Waals surface area contributed by atoms with E-state index in [4.69, 9.17) is 0 Å². The van der Waals surface area contributed by atoms with Crippen LogP contribution in [0.1, 0.15) is 10.7 Å². The quantitative estimate of drug-likeness (QED) is 0.930. The van der Waals surface area contributed by atoms with E-state index < -0.39 is 10.0 Å². The van der Waals surface area contributed by atoms with Gasteiger partial charge < -0.3 is 0 Å². The number of anilines is 1. The van der Waals surface area contributed by atoms with E-state index in [9.17, 15) is 8.42 Å². The van der Waals surface area contributed by atoms with Crippen LogP contribution in [0.4, 0.5) is 5.69 Å². The molecule has 2 rings (SSSR count). The lowest BCUT2D eigenvalue weighted by Crippen LogP contribution is -2.12. The van der Waals surface area contributed by atoms with Crippen LogP contribution in [0.5, 0.6) is 0 Å². The third-order valence-corrected chi connectivity index (χ3v) is 5.19. The highest BCUT2D eigenvalue weighted by Crippen LogP contribution is 2.24. The molecule has 4 nitrogen and oxygen atoms in total. The maximum Gasteiger partial charge on any atom is 0.273 e. The number of aromatic nitrogens is 1. The van der Waals surface area contributed by atoms with Crippen molar-refractivity contribution in [3.8, 4) is 0 Å². The van der Waals surface area contributed by atoms with Crippen molar-refractivity contribution in [3.63, 3.8) is 0 Å². The number of thiazole rings is 1. The van der Waals surface area contributed by atoms with E-state index in [-0.39, 0.29) is 4.21 Å². The Balaban J connectivity index is 2.35. The third-order valence-electron chi connectivity index (χ3n) is 2.13. The van der Waals surface area contributed by atoms with Gasteiger partial charge in [-0.3, -0.25) is 4.72 Å². The summed E-state index contributed by atoms with van der Waals surface area (Å²) in [6, 6.07) is 8.81. The standard InChI is InChI=1S/C11H12N2O2S2/c1-8-11(16-9(2)12-8)17(14,15)13-10-6-4-3-5-7-10/h3-7,13H,1-2H3. The summed E-state index contributed by atoms with van der Waals surface area (Å²) in [5, 5.41) is 0.746. The summed E-state index contributed by atoms with van der Waals surface area (Å²) in [7, 11) is -3.52. The first-order chi connectivity index (χ1) is 7.99. The van der Waals surface area contributed by atoms with Crippen molar-refractivity contribution < 1.29 is 8.42 Å². The van der Waals surface area contributed by atoms with Crippen molar-refractivity contribution in [3.05, 3.63) is 41.0 Å². The average molecular weight is 268 g/mol. The highest BCUT2D eigenvalue weighted by molar-refractivity contribution is 7.94. The van der Waals surface area contributed by atoms with Crippen molar-refractivity contribution in [2.45, 2.75) is 18.1 Å². The number of hydrogen-bond acceptors (Lipinski definition) is 4. The summed E-state index contributed by atoms with van der Waals surface area (Å²) < 4.78 is 27.0. The maximum absolute atomic E-state index is 12.1. The number of rotatable bonds is 3. The van der Waals surface area contributed by atoms with Gasteiger partial charge in [0.05, 0.1) is 10.7 Å². The molecule has 6 heteroatoms. The van der Waals surface area contributed by atoms with Crippen LogP contribution >= 0.6 is 11.3 Å². The molecular formula is C11H12N2O2S2. The molecule has 0 fully saturated rings. The molecule has 17 heavy (non-hydrogen) atoms. The minimum absolute atomic E-state index is 0.277. The monoisotopic (exact) mass is 268 g/mol. The smallest absolute Gasteiger partial charge is 0.273 e. The topological polar surface area (TPSA) is 59.1 Å². The first kappa shape index (κ1) is 12.1. The highest BCUT2D eigenvalue weighted by Gasteiger charge is 2.20. The zero-order chi connectivity index (χ0) is 12.5. The Bertz CT molecular complexity index is 618. The van der Waals surface area contributed by atoms with Gasteiger partial charge >= 0.3 is 0 Å². The lowest BCUT2D eigenvalue weighted by Gasteiger charge is -2.05. The van der Waals surface area contributed by atoms with Crippen LogP contribution < -0.4 is 4.72 Å². The van der Waals surface area contributed by atoms with Crippen LogP contribution in [0.3, 0.4) is 0 Å². The molecule has 0 aliphatic carbocycles. The van der Waals surface area contributed by atoms with Crippen molar-refractivity contribution in [2.75, 3.05) is 4.72 Å². The number of benzene rings is 1. The van der Waals surface area contributed by atoms with E-state index in [1.54, 1.807) is 38.1 Å². The van der Waals surface area contributed by atoms with Crippen molar-refractivity contribution in [1.29, 1.82) is 0 Å². The zero-order valence-corrected chi connectivity index (χ0v) is 11.1. The van der Waals surface area contributed by atoms with Crippen LogP contribution in [-0.4, -0.2) is 13.4 Å². The maximum atomic E-state index is 12.1. The molecular weight excluding hydrogens is 256 g/mol. The van der Waals surface area contributed by atoms with Gasteiger partial charge in [-0.1, -0.05) is 18.2 Å². The normalized spacial score (nSPS) is 11.4. The predicted octanol–water partition coefficient (Wildman–Crippen LogP) is 2.56. The second-order valence-corrected chi connectivity index (χ2v) is 6.66. The molecule has 1 aromatic heterocycles. The highest BCUT2D eigenvalue weighted by atomic mass is 32.2. The molecule has 0 atom stereocenters. The van der Waals surface area contributed by atoms with Gasteiger partial charge in [0.15, 0.2) is 4.21 Å². The summed E-state index contributed by atoms with van der Waals surface area (Å²) >= 11 is 1.18. The number of aryl methyl sites for hydroxylation is 2. The van der Waals surface area contributed by atoms with Gasteiger partial charge in [-0.15, -0.1) is 11.3 Å². The van der Waals surface area contributed by atoms with E-state index in [1.807, 2.05) is 6.07 Å². The molecule has 0 radical (unpaired) electrons. The van der Waals surface area contributed by atoms with E-state index in [0.717, 1.165) is 5.01 Å². The van der Waals surface area contributed by atoms with E-state index in [0.29, 0.717) is 11.4 Å². The lowest BCUT2D eigenvalue weighted by atomic mass is 10.3. The predicted molar refractivity (Wildman–Crippen MR) is 68.8 cm³/mol. The van der Waals surface area contributed by atoms with Crippen molar-refractivity contribution in [1.82, 2.24) is 4.98 Å². The first-order valence-corrected chi connectivity index (χ1v) is 7.31. The molecule has 0 unspecified atom stereocenters. The molecule has 2 aromatic rings. The van der Waals surface area contributed by atoms with Gasteiger partial charge in [0.1, 0.15) is 0 Å². The van der Waals surface area contributed by atoms with E-state index >= 15 is 0 Å². The summed E-state index contributed by atoms with van der Waals surface area (Å²) in [4.78, 5) is 4.12. The van der Waals surface area contributed by atoms with Crippen LogP contribution in [0.2, 0.25) is 0 Å². The van der Waals surface area contributed by atoms with Gasteiger partial charge in [-0.05, 0) is 26.0 Å². The molecule has 0 aliphatic rings. The molecule has 1 aromatic carbocycles. The fraction of sp³-hybridized carbons (Fsp3) is 0.182. The largest absolute Gasteiger partial charge is 0.279 e. The van der Waals surface area contributed by atoms with Gasteiger partial charge in [0.2, 0.25) is 0 Å². The van der Waals surface area contributed by atoms with Crippen molar-refractivity contribution in [2.24, 2.45) is 0 Å². The summed E-state index contributed by atoms with van der Waals surface area (Å²) in [6.45, 7) is 3.49. The molecule has 0 saturated carbocycles. The molecule has 1 heterocycles. The summed E-state index contributed by atoms with van der Waals surface area (Å²) in [5.74, 6) is 0. The van der Waals surface area contributed by atoms with Gasteiger partial charge in [-0.25, -0.2) is 13.4 Å². The average Bonchev–Trinajstić information content (AvgIpc) is 2.59. The van der Waals surface area contributed by atoms with Crippen LogP contribution in [0.15, 0.2) is 34.5 Å². The Morgan fingerprint density at radius 3 is 2.35 bits per heavy atom. The van der Waals surface area contributed by atoms with E-state index in [2.05, 4.69) is 9.71 Å².